The summed E-state index contributed by atoms with van der Waals surface area (Å²) in [5, 5.41) is 2.30. The van der Waals surface area contributed by atoms with Gasteiger partial charge in [-0.25, -0.2) is 4.79 Å². The molecule has 0 amide bonds. The quantitative estimate of drug-likeness (QED) is 0.694. The second kappa shape index (κ2) is 3.74. The van der Waals surface area contributed by atoms with Gasteiger partial charge in [0, 0.05) is 11.1 Å². The average Bonchev–Trinajstić information content (AvgIpc) is 2.69. The smallest absolute Gasteiger partial charge is 0.334 e. The maximum atomic E-state index is 11.4. The summed E-state index contributed by atoms with van der Waals surface area (Å²) in [5.41, 5.74) is 1.73. The third-order valence-corrected chi connectivity index (χ3v) is 3.09. The van der Waals surface area contributed by atoms with Crippen molar-refractivity contribution in [3.8, 4) is 0 Å². The Morgan fingerprint density at radius 2 is 1.82 bits per heavy atom. The first-order valence-electron chi connectivity index (χ1n) is 5.63. The summed E-state index contributed by atoms with van der Waals surface area (Å²) in [5.74, 6) is -0.220. The van der Waals surface area contributed by atoms with E-state index in [1.807, 2.05) is 30.3 Å². The van der Waals surface area contributed by atoms with Gasteiger partial charge in [0.15, 0.2) is 0 Å². The maximum Gasteiger partial charge on any atom is 0.334 e. The Balaban J connectivity index is 2.16. The molecule has 0 aliphatic carbocycles. The molecule has 2 aromatic rings. The zero-order valence-electron chi connectivity index (χ0n) is 9.51. The number of carbonyl (C=O) groups excluding carboxylic acids is 1. The number of carbonyl (C=O) groups is 1. The number of cyclic esters (lactones) is 1. The summed E-state index contributed by atoms with van der Waals surface area (Å²) < 4.78 is 5.34. The van der Waals surface area contributed by atoms with E-state index >= 15 is 0 Å². The third kappa shape index (κ3) is 1.62. The molecule has 2 nitrogen and oxygen atoms in total. The number of esters is 1. The standard InChI is InChI=1S/C15H12O2/c1-10-9-14(17-15(10)16)13-8-4-6-11-5-2-3-7-12(11)13/h2-9,14H,1H3/t14-/m0/s1. The largest absolute Gasteiger partial charge is 0.450 e. The molecule has 17 heavy (non-hydrogen) atoms. The molecule has 0 fully saturated rings. The summed E-state index contributed by atoms with van der Waals surface area (Å²) in [6, 6.07) is 14.2. The summed E-state index contributed by atoms with van der Waals surface area (Å²) >= 11 is 0. The molecule has 1 atom stereocenters. The van der Waals surface area contributed by atoms with Crippen LogP contribution in [0.1, 0.15) is 18.6 Å². The highest BCUT2D eigenvalue weighted by molar-refractivity contribution is 5.92. The Labute approximate surface area is 99.5 Å². The van der Waals surface area contributed by atoms with Gasteiger partial charge in [-0.2, -0.15) is 0 Å². The normalized spacial score (nSPS) is 19.2. The van der Waals surface area contributed by atoms with Gasteiger partial charge in [0.25, 0.3) is 0 Å². The monoisotopic (exact) mass is 224 g/mol. The predicted octanol–water partition coefficient (Wildman–Crippen LogP) is 3.38. The van der Waals surface area contributed by atoms with Crippen LogP contribution in [0.3, 0.4) is 0 Å². The van der Waals surface area contributed by atoms with Crippen LogP contribution in [0.4, 0.5) is 0 Å². The summed E-state index contributed by atoms with van der Waals surface area (Å²) in [7, 11) is 0. The lowest BCUT2D eigenvalue weighted by Crippen LogP contribution is -2.01. The number of fused-ring (bicyclic) bond motifs is 1. The second-order valence-corrected chi connectivity index (χ2v) is 4.24. The maximum absolute atomic E-state index is 11.4. The van der Waals surface area contributed by atoms with Crippen LogP contribution in [-0.2, 0) is 9.53 Å². The molecule has 0 radical (unpaired) electrons. The fraction of sp³-hybridized carbons (Fsp3) is 0.133. The average molecular weight is 224 g/mol. The van der Waals surface area contributed by atoms with Crippen LogP contribution in [0.2, 0.25) is 0 Å². The molecule has 0 aromatic heterocycles. The lowest BCUT2D eigenvalue weighted by atomic mass is 10.00. The Hall–Kier alpha value is -2.09. The molecule has 0 saturated carbocycles. The molecule has 84 valence electrons. The molecule has 0 N–H and O–H groups in total. The first-order chi connectivity index (χ1) is 8.25. The molecule has 3 rings (SSSR count). The number of hydrogen-bond donors (Lipinski definition) is 0. The van der Waals surface area contributed by atoms with E-state index in [-0.39, 0.29) is 12.1 Å². The highest BCUT2D eigenvalue weighted by Gasteiger charge is 2.24. The highest BCUT2D eigenvalue weighted by atomic mass is 16.5. The van der Waals surface area contributed by atoms with Crippen LogP contribution in [0.5, 0.6) is 0 Å². The first kappa shape index (κ1) is 10.1. The first-order valence-corrected chi connectivity index (χ1v) is 5.63. The van der Waals surface area contributed by atoms with Gasteiger partial charge >= 0.3 is 5.97 Å². The van der Waals surface area contributed by atoms with Gasteiger partial charge in [-0.15, -0.1) is 0 Å². The molecule has 0 spiro atoms. The van der Waals surface area contributed by atoms with Crippen LogP contribution >= 0.6 is 0 Å². The van der Waals surface area contributed by atoms with Crippen molar-refractivity contribution in [1.82, 2.24) is 0 Å². The molecular weight excluding hydrogens is 212 g/mol. The minimum absolute atomic E-state index is 0.220. The molecule has 0 unspecified atom stereocenters. The van der Waals surface area contributed by atoms with E-state index in [1.165, 1.54) is 5.39 Å². The van der Waals surface area contributed by atoms with Gasteiger partial charge in [0.1, 0.15) is 6.10 Å². The summed E-state index contributed by atoms with van der Waals surface area (Å²) in [4.78, 5) is 11.4. The predicted molar refractivity (Wildman–Crippen MR) is 66.5 cm³/mol. The molecule has 0 saturated heterocycles. The minimum Gasteiger partial charge on any atom is -0.450 e. The fourth-order valence-corrected chi connectivity index (χ4v) is 2.19. The number of hydrogen-bond acceptors (Lipinski definition) is 2. The molecule has 2 aromatic carbocycles. The van der Waals surface area contributed by atoms with Gasteiger partial charge in [-0.3, -0.25) is 0 Å². The Morgan fingerprint density at radius 3 is 2.59 bits per heavy atom. The van der Waals surface area contributed by atoms with Crippen LogP contribution in [0.15, 0.2) is 54.1 Å². The van der Waals surface area contributed by atoms with E-state index in [0.29, 0.717) is 5.57 Å². The SMILES string of the molecule is CC1=C[C@@H](c2cccc3ccccc23)OC1=O. The van der Waals surface area contributed by atoms with E-state index in [2.05, 4.69) is 18.2 Å². The number of ether oxygens (including phenoxy) is 1. The zero-order chi connectivity index (χ0) is 11.8. The van der Waals surface area contributed by atoms with Gasteiger partial charge in [0.2, 0.25) is 0 Å². The van der Waals surface area contributed by atoms with Gasteiger partial charge in [-0.1, -0.05) is 42.5 Å². The van der Waals surface area contributed by atoms with Gasteiger partial charge in [-0.05, 0) is 23.8 Å². The molecule has 2 heteroatoms. The van der Waals surface area contributed by atoms with E-state index < -0.39 is 0 Å². The summed E-state index contributed by atoms with van der Waals surface area (Å²) in [6.45, 7) is 1.79. The lowest BCUT2D eigenvalue weighted by Gasteiger charge is -2.11. The van der Waals surface area contributed by atoms with E-state index in [9.17, 15) is 4.79 Å². The minimum atomic E-state index is -0.242. The van der Waals surface area contributed by atoms with Gasteiger partial charge in [0.05, 0.1) is 0 Å². The van der Waals surface area contributed by atoms with E-state index in [0.717, 1.165) is 10.9 Å². The van der Waals surface area contributed by atoms with Crippen molar-refractivity contribution in [2.75, 3.05) is 0 Å². The lowest BCUT2D eigenvalue weighted by molar-refractivity contribution is -0.139. The van der Waals surface area contributed by atoms with Crippen molar-refractivity contribution in [3.05, 3.63) is 59.7 Å². The highest BCUT2D eigenvalue weighted by Crippen LogP contribution is 2.32. The Kier molecular flexibility index (Phi) is 2.22. The van der Waals surface area contributed by atoms with Crippen molar-refractivity contribution < 1.29 is 9.53 Å². The molecule has 1 aliphatic rings. The van der Waals surface area contributed by atoms with Crippen molar-refractivity contribution in [2.45, 2.75) is 13.0 Å². The molecular formula is C15H12O2. The van der Waals surface area contributed by atoms with Crippen LogP contribution in [0.25, 0.3) is 10.8 Å². The zero-order valence-corrected chi connectivity index (χ0v) is 9.51. The third-order valence-electron chi connectivity index (χ3n) is 3.09. The van der Waals surface area contributed by atoms with E-state index in [1.54, 1.807) is 6.92 Å². The van der Waals surface area contributed by atoms with Crippen LogP contribution in [-0.4, -0.2) is 5.97 Å². The van der Waals surface area contributed by atoms with Crippen molar-refractivity contribution in [3.63, 3.8) is 0 Å². The van der Waals surface area contributed by atoms with Crippen LogP contribution < -0.4 is 0 Å². The van der Waals surface area contributed by atoms with Crippen molar-refractivity contribution in [1.29, 1.82) is 0 Å². The van der Waals surface area contributed by atoms with Gasteiger partial charge < -0.3 is 4.74 Å². The number of benzene rings is 2. The van der Waals surface area contributed by atoms with Crippen molar-refractivity contribution in [2.24, 2.45) is 0 Å². The number of rotatable bonds is 1. The second-order valence-electron chi connectivity index (χ2n) is 4.24. The Morgan fingerprint density at radius 1 is 1.06 bits per heavy atom. The summed E-state index contributed by atoms with van der Waals surface area (Å²) in [6.07, 6.45) is 1.64. The van der Waals surface area contributed by atoms with Crippen molar-refractivity contribution >= 4 is 16.7 Å². The van der Waals surface area contributed by atoms with Crippen LogP contribution in [0, 0.1) is 0 Å². The van der Waals surface area contributed by atoms with E-state index in [4.69, 9.17) is 4.74 Å². The molecule has 0 bridgehead atoms. The molecule has 1 heterocycles. The Bertz CT molecular complexity index is 620. The topological polar surface area (TPSA) is 26.3 Å². The molecule has 1 aliphatic heterocycles. The fourth-order valence-electron chi connectivity index (χ4n) is 2.19.